The summed E-state index contributed by atoms with van der Waals surface area (Å²) in [4.78, 5) is 0. The third-order valence-corrected chi connectivity index (χ3v) is 2.79. The molecule has 1 aromatic rings. The van der Waals surface area contributed by atoms with Gasteiger partial charge in [-0.1, -0.05) is 26.8 Å². The van der Waals surface area contributed by atoms with Crippen molar-refractivity contribution < 1.29 is 0 Å². The highest BCUT2D eigenvalue weighted by molar-refractivity contribution is 7.37. The van der Waals surface area contributed by atoms with Gasteiger partial charge in [-0.15, -0.1) is 0 Å². The molecular formula is C8H10NP. The molecule has 0 saturated heterocycles. The Morgan fingerprint density at radius 2 is 2.20 bits per heavy atom. The van der Waals surface area contributed by atoms with Crippen LogP contribution in [0, 0.1) is 0 Å². The molecule has 52 valence electrons. The standard InChI is InChI=1S/C8H10NP/c1-2-4-8-7(3-1)5-10-6-9-8/h1-4,9-10H,5-6H2. The van der Waals surface area contributed by atoms with Crippen LogP contribution in [0.25, 0.3) is 0 Å². The van der Waals surface area contributed by atoms with Crippen molar-refractivity contribution in [3.8, 4) is 0 Å². The summed E-state index contributed by atoms with van der Waals surface area (Å²) in [7, 11) is 1.06. The molecule has 1 aromatic carbocycles. The van der Waals surface area contributed by atoms with Crippen LogP contribution >= 0.6 is 8.58 Å². The van der Waals surface area contributed by atoms with Gasteiger partial charge in [0.25, 0.3) is 0 Å². The lowest BCUT2D eigenvalue weighted by Crippen LogP contribution is -2.04. The minimum absolute atomic E-state index is 1.06. The van der Waals surface area contributed by atoms with Crippen molar-refractivity contribution in [1.82, 2.24) is 0 Å². The number of hydrogen-bond acceptors (Lipinski definition) is 1. The number of nitrogens with one attached hydrogen (secondary N) is 1. The molecule has 1 unspecified atom stereocenters. The Labute approximate surface area is 62.6 Å². The van der Waals surface area contributed by atoms with Crippen molar-refractivity contribution in [2.24, 2.45) is 0 Å². The monoisotopic (exact) mass is 151 g/mol. The number of hydrogen-bond donors (Lipinski definition) is 1. The second-order valence-corrected chi connectivity index (χ2v) is 3.64. The van der Waals surface area contributed by atoms with Crippen LogP contribution in [-0.4, -0.2) is 6.29 Å². The summed E-state index contributed by atoms with van der Waals surface area (Å²) in [5.74, 6) is 0. The Morgan fingerprint density at radius 3 is 3.10 bits per heavy atom. The van der Waals surface area contributed by atoms with Crippen LogP contribution < -0.4 is 5.32 Å². The summed E-state index contributed by atoms with van der Waals surface area (Å²) >= 11 is 0. The molecule has 1 atom stereocenters. The predicted octanol–water partition coefficient (Wildman–Crippen LogP) is 2.25. The van der Waals surface area contributed by atoms with Crippen molar-refractivity contribution in [3.05, 3.63) is 29.8 Å². The second-order valence-electron chi connectivity index (χ2n) is 2.44. The van der Waals surface area contributed by atoms with Crippen molar-refractivity contribution >= 4 is 14.3 Å². The van der Waals surface area contributed by atoms with Crippen LogP contribution in [0.3, 0.4) is 0 Å². The maximum atomic E-state index is 3.37. The quantitative estimate of drug-likeness (QED) is 0.561. The van der Waals surface area contributed by atoms with E-state index < -0.39 is 0 Å². The first-order valence-corrected chi connectivity index (χ1v) is 4.91. The molecule has 0 fully saturated rings. The van der Waals surface area contributed by atoms with Crippen molar-refractivity contribution in [3.63, 3.8) is 0 Å². The highest BCUT2D eigenvalue weighted by Crippen LogP contribution is 2.29. The molecule has 10 heavy (non-hydrogen) atoms. The smallest absolute Gasteiger partial charge is 0.0378 e. The minimum atomic E-state index is 1.06. The zero-order chi connectivity index (χ0) is 6.81. The van der Waals surface area contributed by atoms with Gasteiger partial charge in [0.2, 0.25) is 0 Å². The van der Waals surface area contributed by atoms with Gasteiger partial charge in [-0.25, -0.2) is 0 Å². The molecule has 1 N–H and O–H groups in total. The minimum Gasteiger partial charge on any atom is -0.381 e. The first-order valence-electron chi connectivity index (χ1n) is 3.49. The van der Waals surface area contributed by atoms with E-state index in [2.05, 4.69) is 29.6 Å². The summed E-state index contributed by atoms with van der Waals surface area (Å²) < 4.78 is 0. The maximum absolute atomic E-state index is 3.37. The Hall–Kier alpha value is -0.550. The second kappa shape index (κ2) is 2.59. The topological polar surface area (TPSA) is 12.0 Å². The number of benzene rings is 1. The van der Waals surface area contributed by atoms with Gasteiger partial charge < -0.3 is 5.32 Å². The SMILES string of the molecule is c1ccc2c(c1)CPCN2. The molecule has 0 spiro atoms. The van der Waals surface area contributed by atoms with Crippen LogP contribution in [-0.2, 0) is 6.16 Å². The molecule has 0 bridgehead atoms. The normalized spacial score (nSPS) is 18.0. The molecule has 1 nitrogen and oxygen atoms in total. The average Bonchev–Trinajstić information content (AvgIpc) is 2.05. The van der Waals surface area contributed by atoms with Crippen LogP contribution in [0.2, 0.25) is 0 Å². The lowest BCUT2D eigenvalue weighted by molar-refractivity contribution is 1.29. The fraction of sp³-hybridized carbons (Fsp3) is 0.250. The number of rotatable bonds is 0. The Morgan fingerprint density at radius 1 is 1.30 bits per heavy atom. The summed E-state index contributed by atoms with van der Waals surface area (Å²) in [5.41, 5.74) is 2.81. The molecule has 1 heterocycles. The van der Waals surface area contributed by atoms with Crippen LogP contribution in [0.1, 0.15) is 5.56 Å². The lowest BCUT2D eigenvalue weighted by Gasteiger charge is -2.16. The first kappa shape index (κ1) is 6.18. The summed E-state index contributed by atoms with van der Waals surface area (Å²) in [6, 6.07) is 8.55. The molecule has 2 rings (SSSR count). The van der Waals surface area contributed by atoms with Gasteiger partial charge in [0, 0.05) is 12.0 Å². The Bertz CT molecular complexity index is 209. The number of fused-ring (bicyclic) bond motifs is 1. The molecule has 0 amide bonds. The van der Waals surface area contributed by atoms with E-state index in [0.29, 0.717) is 0 Å². The van der Waals surface area contributed by atoms with E-state index in [1.807, 2.05) is 0 Å². The first-order chi connectivity index (χ1) is 4.97. The van der Waals surface area contributed by atoms with Crippen molar-refractivity contribution in [2.45, 2.75) is 6.16 Å². The third kappa shape index (κ3) is 1.02. The van der Waals surface area contributed by atoms with Crippen molar-refractivity contribution in [1.29, 1.82) is 0 Å². The maximum Gasteiger partial charge on any atom is 0.0378 e. The molecule has 1 aliphatic rings. The lowest BCUT2D eigenvalue weighted by atomic mass is 10.2. The average molecular weight is 151 g/mol. The van der Waals surface area contributed by atoms with Gasteiger partial charge >= 0.3 is 0 Å². The van der Waals surface area contributed by atoms with Gasteiger partial charge in [0.05, 0.1) is 0 Å². The molecule has 0 radical (unpaired) electrons. The van der Waals surface area contributed by atoms with E-state index in [-0.39, 0.29) is 0 Å². The van der Waals surface area contributed by atoms with E-state index in [0.717, 1.165) is 14.9 Å². The summed E-state index contributed by atoms with van der Waals surface area (Å²) in [5, 5.41) is 3.37. The molecule has 1 aliphatic heterocycles. The largest absolute Gasteiger partial charge is 0.381 e. The van der Waals surface area contributed by atoms with Gasteiger partial charge in [0.15, 0.2) is 0 Å². The van der Waals surface area contributed by atoms with Gasteiger partial charge in [-0.05, 0) is 17.8 Å². The van der Waals surface area contributed by atoms with E-state index >= 15 is 0 Å². The summed E-state index contributed by atoms with van der Waals surface area (Å²) in [6.45, 7) is 0. The van der Waals surface area contributed by atoms with Gasteiger partial charge in [-0.3, -0.25) is 0 Å². The molecular weight excluding hydrogens is 141 g/mol. The van der Waals surface area contributed by atoms with E-state index in [4.69, 9.17) is 0 Å². The van der Waals surface area contributed by atoms with Crippen LogP contribution in [0.15, 0.2) is 24.3 Å². The van der Waals surface area contributed by atoms with Gasteiger partial charge in [0.1, 0.15) is 0 Å². The van der Waals surface area contributed by atoms with Gasteiger partial charge in [-0.2, -0.15) is 0 Å². The number of para-hydroxylation sites is 1. The van der Waals surface area contributed by atoms with E-state index in [9.17, 15) is 0 Å². The van der Waals surface area contributed by atoms with Crippen molar-refractivity contribution in [2.75, 3.05) is 11.6 Å². The van der Waals surface area contributed by atoms with Crippen LogP contribution in [0.5, 0.6) is 0 Å². The Balaban J connectivity index is 2.41. The summed E-state index contributed by atoms with van der Waals surface area (Å²) in [6.07, 6.45) is 2.43. The Kier molecular flexibility index (Phi) is 1.60. The highest BCUT2D eigenvalue weighted by Gasteiger charge is 2.04. The predicted molar refractivity (Wildman–Crippen MR) is 47.0 cm³/mol. The molecule has 0 aromatic heterocycles. The van der Waals surface area contributed by atoms with Crippen LogP contribution in [0.4, 0.5) is 5.69 Å². The van der Waals surface area contributed by atoms with E-state index in [1.165, 1.54) is 17.4 Å². The molecule has 0 aliphatic carbocycles. The van der Waals surface area contributed by atoms with E-state index in [1.54, 1.807) is 0 Å². The molecule has 0 saturated carbocycles. The zero-order valence-electron chi connectivity index (χ0n) is 5.72. The fourth-order valence-corrected chi connectivity index (χ4v) is 2.22. The fourth-order valence-electron chi connectivity index (χ4n) is 1.20. The number of anilines is 1. The molecule has 2 heteroatoms. The zero-order valence-corrected chi connectivity index (χ0v) is 6.72. The third-order valence-electron chi connectivity index (χ3n) is 1.74. The highest BCUT2D eigenvalue weighted by atomic mass is 31.1.